The maximum Gasteiger partial charge on any atom is 0.0710 e. The molecule has 2 atom stereocenters. The zero-order chi connectivity index (χ0) is 13.0. The van der Waals surface area contributed by atoms with E-state index in [2.05, 4.69) is 41.4 Å². The molecule has 1 fully saturated rings. The lowest BCUT2D eigenvalue weighted by Crippen LogP contribution is -2.33. The van der Waals surface area contributed by atoms with Gasteiger partial charge in [-0.25, -0.2) is 0 Å². The molecule has 3 heteroatoms. The molecule has 18 heavy (non-hydrogen) atoms. The topological polar surface area (TPSA) is 24.5 Å². The Kier molecular flexibility index (Phi) is 4.75. The monoisotopic (exact) mass is 248 g/mol. The second kappa shape index (κ2) is 6.32. The van der Waals surface area contributed by atoms with Gasteiger partial charge in [-0.3, -0.25) is 4.90 Å². The number of methoxy groups -OCH3 is 1. The van der Waals surface area contributed by atoms with Gasteiger partial charge in [0.1, 0.15) is 0 Å². The van der Waals surface area contributed by atoms with E-state index >= 15 is 0 Å². The van der Waals surface area contributed by atoms with Crippen LogP contribution in [0.2, 0.25) is 0 Å². The van der Waals surface area contributed by atoms with Crippen molar-refractivity contribution >= 4 is 0 Å². The third-order valence-electron chi connectivity index (χ3n) is 3.92. The zero-order valence-electron chi connectivity index (χ0n) is 11.6. The normalized spacial score (nSPS) is 22.3. The number of hydrogen-bond donors (Lipinski definition) is 1. The summed E-state index contributed by atoms with van der Waals surface area (Å²) < 4.78 is 5.42. The quantitative estimate of drug-likeness (QED) is 0.862. The molecule has 1 aromatic carbocycles. The molecule has 0 aliphatic carbocycles. The SMILES string of the molecule is CNC(CN1CCC(OC)C1)c1ccccc1C. The summed E-state index contributed by atoms with van der Waals surface area (Å²) in [5.74, 6) is 0. The first-order valence-corrected chi connectivity index (χ1v) is 6.72. The van der Waals surface area contributed by atoms with E-state index in [-0.39, 0.29) is 0 Å². The molecule has 2 unspecified atom stereocenters. The van der Waals surface area contributed by atoms with Gasteiger partial charge >= 0.3 is 0 Å². The van der Waals surface area contributed by atoms with Crippen LogP contribution in [0.4, 0.5) is 0 Å². The van der Waals surface area contributed by atoms with Gasteiger partial charge in [-0.15, -0.1) is 0 Å². The highest BCUT2D eigenvalue weighted by Gasteiger charge is 2.24. The van der Waals surface area contributed by atoms with E-state index < -0.39 is 0 Å². The number of nitrogens with one attached hydrogen (secondary N) is 1. The lowest BCUT2D eigenvalue weighted by molar-refractivity contribution is 0.107. The van der Waals surface area contributed by atoms with Crippen molar-refractivity contribution in [2.24, 2.45) is 0 Å². The maximum atomic E-state index is 5.42. The van der Waals surface area contributed by atoms with Crippen LogP contribution in [0.25, 0.3) is 0 Å². The van der Waals surface area contributed by atoms with Crippen molar-refractivity contribution in [2.75, 3.05) is 33.8 Å². The molecule has 1 saturated heterocycles. The van der Waals surface area contributed by atoms with E-state index in [4.69, 9.17) is 4.74 Å². The Morgan fingerprint density at radius 1 is 1.44 bits per heavy atom. The van der Waals surface area contributed by atoms with Crippen LogP contribution >= 0.6 is 0 Å². The van der Waals surface area contributed by atoms with E-state index in [0.717, 1.165) is 26.1 Å². The molecule has 100 valence electrons. The Balaban J connectivity index is 2.00. The van der Waals surface area contributed by atoms with Crippen LogP contribution < -0.4 is 5.32 Å². The number of rotatable bonds is 5. The van der Waals surface area contributed by atoms with Crippen molar-refractivity contribution in [1.29, 1.82) is 0 Å². The molecule has 0 radical (unpaired) electrons. The lowest BCUT2D eigenvalue weighted by atomic mass is 10.0. The van der Waals surface area contributed by atoms with E-state index in [0.29, 0.717) is 12.1 Å². The van der Waals surface area contributed by atoms with Gasteiger partial charge in [0.2, 0.25) is 0 Å². The Morgan fingerprint density at radius 2 is 2.22 bits per heavy atom. The zero-order valence-corrected chi connectivity index (χ0v) is 11.6. The van der Waals surface area contributed by atoms with Crippen LogP contribution in [0.3, 0.4) is 0 Å². The van der Waals surface area contributed by atoms with Crippen LogP contribution in [-0.4, -0.2) is 44.8 Å². The summed E-state index contributed by atoms with van der Waals surface area (Å²) in [6.45, 7) is 5.44. The van der Waals surface area contributed by atoms with Gasteiger partial charge in [-0.2, -0.15) is 0 Å². The first kappa shape index (κ1) is 13.5. The van der Waals surface area contributed by atoms with E-state index in [1.165, 1.54) is 11.1 Å². The first-order chi connectivity index (χ1) is 8.74. The fraction of sp³-hybridized carbons (Fsp3) is 0.600. The van der Waals surface area contributed by atoms with Crippen LogP contribution in [0.15, 0.2) is 24.3 Å². The molecule has 0 spiro atoms. The van der Waals surface area contributed by atoms with Crippen molar-refractivity contribution in [2.45, 2.75) is 25.5 Å². The lowest BCUT2D eigenvalue weighted by Gasteiger charge is -2.25. The summed E-state index contributed by atoms with van der Waals surface area (Å²) in [5, 5.41) is 3.44. The Bertz CT molecular complexity index is 381. The molecule has 0 bridgehead atoms. The molecule has 3 nitrogen and oxygen atoms in total. The van der Waals surface area contributed by atoms with Crippen LogP contribution in [0, 0.1) is 6.92 Å². The number of likely N-dealkylation sites (N-methyl/N-ethyl adjacent to an activating group) is 1. The predicted octanol–water partition coefficient (Wildman–Crippen LogP) is 1.98. The Morgan fingerprint density at radius 3 is 2.83 bits per heavy atom. The second-order valence-corrected chi connectivity index (χ2v) is 5.10. The highest BCUT2D eigenvalue weighted by atomic mass is 16.5. The van der Waals surface area contributed by atoms with E-state index in [9.17, 15) is 0 Å². The van der Waals surface area contributed by atoms with Gasteiger partial charge in [0.25, 0.3) is 0 Å². The molecule has 1 aromatic rings. The largest absolute Gasteiger partial charge is 0.380 e. The summed E-state index contributed by atoms with van der Waals surface area (Å²) in [6, 6.07) is 9.03. The molecular formula is C15H24N2O. The number of benzene rings is 1. The summed E-state index contributed by atoms with van der Waals surface area (Å²) in [6.07, 6.45) is 1.57. The molecular weight excluding hydrogens is 224 g/mol. The molecule has 1 aliphatic rings. The smallest absolute Gasteiger partial charge is 0.0710 e. The molecule has 0 amide bonds. The summed E-state index contributed by atoms with van der Waals surface area (Å²) >= 11 is 0. The van der Waals surface area contributed by atoms with Crippen LogP contribution in [0.1, 0.15) is 23.6 Å². The van der Waals surface area contributed by atoms with E-state index in [1.807, 2.05) is 14.2 Å². The minimum absolute atomic E-state index is 0.404. The van der Waals surface area contributed by atoms with Crippen molar-refractivity contribution < 1.29 is 4.74 Å². The first-order valence-electron chi connectivity index (χ1n) is 6.72. The average Bonchev–Trinajstić information content (AvgIpc) is 2.85. The standard InChI is InChI=1S/C15H24N2O/c1-12-6-4-5-7-14(12)15(16-2)11-17-9-8-13(10-17)18-3/h4-7,13,15-16H,8-11H2,1-3H3. The van der Waals surface area contributed by atoms with Gasteiger partial charge in [-0.1, -0.05) is 24.3 Å². The highest BCUT2D eigenvalue weighted by molar-refractivity contribution is 5.29. The highest BCUT2D eigenvalue weighted by Crippen LogP contribution is 2.21. The molecule has 1 aliphatic heterocycles. The van der Waals surface area contributed by atoms with Crippen molar-refractivity contribution in [3.63, 3.8) is 0 Å². The van der Waals surface area contributed by atoms with Crippen molar-refractivity contribution in [3.05, 3.63) is 35.4 Å². The van der Waals surface area contributed by atoms with E-state index in [1.54, 1.807) is 0 Å². The third-order valence-corrected chi connectivity index (χ3v) is 3.92. The molecule has 0 aromatic heterocycles. The Labute approximate surface area is 110 Å². The average molecular weight is 248 g/mol. The van der Waals surface area contributed by atoms with Gasteiger partial charge in [0.05, 0.1) is 6.10 Å². The number of likely N-dealkylation sites (tertiary alicyclic amines) is 1. The number of hydrogen-bond acceptors (Lipinski definition) is 3. The molecule has 2 rings (SSSR count). The summed E-state index contributed by atoms with van der Waals surface area (Å²) in [7, 11) is 3.85. The maximum absolute atomic E-state index is 5.42. The Hall–Kier alpha value is -0.900. The third kappa shape index (κ3) is 3.10. The summed E-state index contributed by atoms with van der Waals surface area (Å²) in [5.41, 5.74) is 2.76. The van der Waals surface area contributed by atoms with Gasteiger partial charge in [0, 0.05) is 32.8 Å². The van der Waals surface area contributed by atoms with Crippen molar-refractivity contribution in [1.82, 2.24) is 10.2 Å². The minimum Gasteiger partial charge on any atom is -0.380 e. The fourth-order valence-electron chi connectivity index (χ4n) is 2.74. The number of nitrogens with zero attached hydrogens (tertiary/aromatic N) is 1. The second-order valence-electron chi connectivity index (χ2n) is 5.10. The summed E-state index contributed by atoms with van der Waals surface area (Å²) in [4.78, 5) is 2.49. The number of aryl methyl sites for hydroxylation is 1. The van der Waals surface area contributed by atoms with Crippen LogP contribution in [0.5, 0.6) is 0 Å². The molecule has 1 heterocycles. The van der Waals surface area contributed by atoms with Gasteiger partial charge < -0.3 is 10.1 Å². The minimum atomic E-state index is 0.404. The fourth-order valence-corrected chi connectivity index (χ4v) is 2.74. The molecule has 1 N–H and O–H groups in total. The van der Waals surface area contributed by atoms with Gasteiger partial charge in [-0.05, 0) is 31.5 Å². The predicted molar refractivity (Wildman–Crippen MR) is 74.8 cm³/mol. The van der Waals surface area contributed by atoms with Crippen molar-refractivity contribution in [3.8, 4) is 0 Å². The molecule has 0 saturated carbocycles. The van der Waals surface area contributed by atoms with Gasteiger partial charge in [0.15, 0.2) is 0 Å². The van der Waals surface area contributed by atoms with Crippen LogP contribution in [-0.2, 0) is 4.74 Å². The number of ether oxygens (including phenoxy) is 1.